The van der Waals surface area contributed by atoms with Crippen LogP contribution in [0.1, 0.15) is 123 Å². The maximum atomic E-state index is 12.4. The number of rotatable bonds is 8. The van der Waals surface area contributed by atoms with Crippen molar-refractivity contribution in [3.63, 3.8) is 0 Å². The zero-order chi connectivity index (χ0) is 47.0. The highest BCUT2D eigenvalue weighted by molar-refractivity contribution is 7.80. The molecule has 1 unspecified atom stereocenters. The molecule has 3 N–H and O–H groups in total. The highest BCUT2D eigenvalue weighted by atomic mass is 32.1. The number of hydrogen-bond donors (Lipinski definition) is 3. The Hall–Kier alpha value is -4.63. The van der Waals surface area contributed by atoms with E-state index in [1.54, 1.807) is 34.6 Å². The van der Waals surface area contributed by atoms with Crippen LogP contribution in [0.2, 0.25) is 0 Å². The van der Waals surface area contributed by atoms with E-state index in [4.69, 9.17) is 48.1 Å². The van der Waals surface area contributed by atoms with Gasteiger partial charge in [0.15, 0.2) is 33.3 Å². The number of thiazole rings is 3. The van der Waals surface area contributed by atoms with E-state index in [0.717, 1.165) is 66.1 Å². The van der Waals surface area contributed by atoms with Gasteiger partial charge in [0, 0.05) is 26.7 Å². The Labute approximate surface area is 399 Å². The third-order valence-electron chi connectivity index (χ3n) is 11.0. The second-order valence-corrected chi connectivity index (χ2v) is 19.7. The minimum Gasteiger partial charge on any atom is -0.481 e. The summed E-state index contributed by atoms with van der Waals surface area (Å²) in [7, 11) is 0. The van der Waals surface area contributed by atoms with Gasteiger partial charge in [0.1, 0.15) is 56.2 Å². The Kier molecular flexibility index (Phi) is 16.3. The van der Waals surface area contributed by atoms with Gasteiger partial charge in [-0.2, -0.15) is 0 Å². The number of nitrogens with zero attached hydrogens (tertiary/aromatic N) is 6. The van der Waals surface area contributed by atoms with Crippen LogP contribution in [0, 0.1) is 20.8 Å². The lowest BCUT2D eigenvalue weighted by molar-refractivity contribution is -0.0322. The van der Waals surface area contributed by atoms with Crippen LogP contribution in [0.25, 0.3) is 31.0 Å². The van der Waals surface area contributed by atoms with Crippen LogP contribution < -0.4 is 31.3 Å². The average Bonchev–Trinajstić information content (AvgIpc) is 4.09. The van der Waals surface area contributed by atoms with Gasteiger partial charge >= 0.3 is 14.6 Å². The molecule has 66 heavy (non-hydrogen) atoms. The van der Waals surface area contributed by atoms with Crippen LogP contribution in [0.3, 0.4) is 0 Å². The molecule has 0 spiro atoms. The number of thiocarbonyl (C=S) groups is 2. The summed E-state index contributed by atoms with van der Waals surface area (Å²) in [4.78, 5) is 92.7. The molecule has 8 atom stereocenters. The maximum absolute atomic E-state index is 12.4. The largest absolute Gasteiger partial charge is 0.481 e. The van der Waals surface area contributed by atoms with Gasteiger partial charge in [-0.3, -0.25) is 42.5 Å². The molecule has 3 fully saturated rings. The van der Waals surface area contributed by atoms with Crippen LogP contribution in [0.5, 0.6) is 0 Å². The van der Waals surface area contributed by atoms with Crippen LogP contribution in [-0.2, 0) is 23.7 Å². The highest BCUT2D eigenvalue weighted by Gasteiger charge is 2.41. The molecule has 9 heterocycles. The minimum absolute atomic E-state index is 0. The molecule has 358 valence electrons. The smallest absolute Gasteiger partial charge is 0.311 e. The van der Waals surface area contributed by atoms with Crippen molar-refractivity contribution in [3.8, 4) is 0 Å². The Bertz CT molecular complexity index is 3120. The number of H-pyrrole nitrogens is 3. The van der Waals surface area contributed by atoms with Gasteiger partial charge in [0.2, 0.25) is 0 Å². The van der Waals surface area contributed by atoms with Crippen molar-refractivity contribution >= 4 is 99.6 Å². The first-order chi connectivity index (χ1) is 30.9. The van der Waals surface area contributed by atoms with Gasteiger partial charge in [-0.05, 0) is 77.3 Å². The molecule has 25 heteroatoms. The third kappa shape index (κ3) is 10.6. The molecular weight excluding hydrogens is 955 g/mol. The van der Waals surface area contributed by atoms with E-state index in [2.05, 4.69) is 36.8 Å². The zero-order valence-electron chi connectivity index (χ0n) is 36.8. The van der Waals surface area contributed by atoms with Gasteiger partial charge < -0.3 is 38.6 Å². The highest BCUT2D eigenvalue weighted by Crippen LogP contribution is 2.36. The first-order valence-electron chi connectivity index (χ1n) is 21.1. The zero-order valence-corrected chi connectivity index (χ0v) is 40.9. The number of aryl methyl sites for hydroxylation is 3. The monoisotopic (exact) mass is 1010 g/mol. The molecule has 9 rings (SSSR count). The summed E-state index contributed by atoms with van der Waals surface area (Å²) in [5.41, 5.74) is 0.258. The molecular formula is C41H53N9O11S5. The average molecular weight is 1010 g/mol. The maximum Gasteiger partial charge on any atom is 0.311 e. The molecule has 0 aromatic carbocycles. The van der Waals surface area contributed by atoms with Crippen LogP contribution in [0.4, 0.5) is 0 Å². The van der Waals surface area contributed by atoms with Crippen molar-refractivity contribution in [2.75, 3.05) is 0 Å². The number of fused-ring (bicyclic) bond motifs is 3. The van der Waals surface area contributed by atoms with E-state index in [0.29, 0.717) is 71.5 Å². The van der Waals surface area contributed by atoms with Crippen molar-refractivity contribution in [2.24, 2.45) is 0 Å². The number of ether oxygens (including phenoxy) is 5. The van der Waals surface area contributed by atoms with E-state index in [1.807, 2.05) is 13.8 Å². The molecule has 20 nitrogen and oxygen atoms in total. The molecule has 3 aliphatic rings. The Morgan fingerprint density at radius 1 is 0.606 bits per heavy atom. The number of aromatic nitrogens is 9. The van der Waals surface area contributed by atoms with Crippen molar-refractivity contribution in [3.05, 3.63) is 77.5 Å². The van der Waals surface area contributed by atoms with Crippen LogP contribution >= 0.6 is 58.4 Å². The predicted molar refractivity (Wildman–Crippen MR) is 262 cm³/mol. The lowest BCUT2D eigenvalue weighted by Gasteiger charge is -2.20. The molecule has 3 saturated heterocycles. The van der Waals surface area contributed by atoms with Gasteiger partial charge in [-0.25, -0.2) is 15.0 Å². The first kappa shape index (κ1) is 50.8. The second-order valence-electron chi connectivity index (χ2n) is 15.7. The number of aromatic amines is 3. The quantitative estimate of drug-likeness (QED) is 0.149. The number of nitrogens with one attached hydrogen (secondary N) is 3. The first-order valence-corrected chi connectivity index (χ1v) is 24.3. The predicted octanol–water partition coefficient (Wildman–Crippen LogP) is 5.95. The fraction of sp³-hybridized carbons (Fsp3) is 0.585. The van der Waals surface area contributed by atoms with Crippen molar-refractivity contribution in [1.82, 2.24) is 43.6 Å². The molecule has 0 radical (unpaired) electrons. The summed E-state index contributed by atoms with van der Waals surface area (Å²) < 4.78 is 34.5. The standard InChI is InChI=1S/2C14H17N3O4S2.C12H15N3O3S.CH4/c1-4-8-9(20-7(3)22)5-10(21-8)17-12-11(23-14(17)19)13(18)16-6(2)15-12;1-4-8-5-9(20-7(3)22)13(21-8)17-11-10(23-14(17)19)12(18)16-6(2)15-11;1-3-7-4-5-8(18-7)15-10-9(19-12(15)17)11(16)14-6(2)13-10;/h8-10H,4-5H2,1-3H3,(H,15,16,18);8-9,13H,4-5H2,1-3H3,(H,15,16,18);7-8H,3-5H2,1-2H3,(H,13,14,16);1H4/t8-,9?,10-;8-,9-,13-;7-,8-;/m111./s1. The van der Waals surface area contributed by atoms with Gasteiger partial charge in [-0.15, -0.1) is 0 Å². The summed E-state index contributed by atoms with van der Waals surface area (Å²) in [6.07, 6.45) is 3.36. The molecule has 6 aromatic rings. The third-order valence-corrected chi connectivity index (χ3v) is 14.0. The Morgan fingerprint density at radius 2 is 1.05 bits per heavy atom. The minimum atomic E-state index is -0.632. The van der Waals surface area contributed by atoms with Crippen molar-refractivity contribution in [2.45, 2.75) is 157 Å². The summed E-state index contributed by atoms with van der Waals surface area (Å²) >= 11 is 12.7. The topological polar surface area (TPSA) is 249 Å². The van der Waals surface area contributed by atoms with E-state index in [1.165, 1.54) is 13.7 Å². The fourth-order valence-corrected chi connectivity index (χ4v) is 10.9. The van der Waals surface area contributed by atoms with E-state index in [-0.39, 0.29) is 75.5 Å². The second kappa shape index (κ2) is 21.1. The lowest BCUT2D eigenvalue weighted by Crippen LogP contribution is -2.30. The van der Waals surface area contributed by atoms with E-state index < -0.39 is 12.5 Å². The Morgan fingerprint density at radius 3 is 1.48 bits per heavy atom. The number of hydrogen-bond acceptors (Lipinski definition) is 19. The fourth-order valence-electron chi connectivity index (χ4n) is 8.11. The normalized spacial score (nSPS) is 23.6. The van der Waals surface area contributed by atoms with Crippen LogP contribution in [0.15, 0.2) is 28.8 Å². The molecule has 0 bridgehead atoms. The van der Waals surface area contributed by atoms with Crippen molar-refractivity contribution in [1.29, 1.82) is 0 Å². The summed E-state index contributed by atoms with van der Waals surface area (Å²) in [6.45, 7) is 14.5. The van der Waals surface area contributed by atoms with Gasteiger partial charge in [-0.1, -0.05) is 62.2 Å². The molecule has 0 amide bonds. The van der Waals surface area contributed by atoms with Crippen molar-refractivity contribution < 1.29 is 23.7 Å². The summed E-state index contributed by atoms with van der Waals surface area (Å²) in [6, 6.07) is 0. The van der Waals surface area contributed by atoms with Crippen LogP contribution in [-0.4, -0.2) is 84.2 Å². The molecule has 3 aliphatic heterocycles. The summed E-state index contributed by atoms with van der Waals surface area (Å²) in [5.74, 6) is 1.42. The Balaban J connectivity index is 0.000000163. The van der Waals surface area contributed by atoms with E-state index in [9.17, 15) is 28.8 Å². The lowest BCUT2D eigenvalue weighted by atomic mass is 10.1. The van der Waals surface area contributed by atoms with Gasteiger partial charge in [0.25, 0.3) is 16.7 Å². The van der Waals surface area contributed by atoms with E-state index >= 15 is 0 Å². The molecule has 0 saturated carbocycles. The molecule has 0 aliphatic carbocycles. The summed E-state index contributed by atoms with van der Waals surface area (Å²) in [5, 5.41) is 0.848. The molecule has 6 aromatic heterocycles. The SMILES string of the molecule is C.CC[C@@H]1CC[C@H](n2c(=O)sc3c(=O)[nH]c(C)nc32)O1.CC[C@@H]1C[C@@H](OC(C)=S)[C@H](n2c(=O)sc3c(=O)[nH]c(C)nc32)O1.CC[C@H]1O[C@@H](n2c(=O)sc3c(=O)[nH]c(C)nc32)CC1OC(C)=S. The van der Waals surface area contributed by atoms with Gasteiger partial charge in [0.05, 0.1) is 18.3 Å².